The molecule has 0 spiro atoms. The lowest BCUT2D eigenvalue weighted by Crippen LogP contribution is -2.27. The Balaban J connectivity index is 1.46. The highest BCUT2D eigenvalue weighted by atomic mass is 32.2. The van der Waals surface area contributed by atoms with E-state index < -0.39 is 0 Å². The number of carbonyl (C=O) groups is 1. The van der Waals surface area contributed by atoms with Crippen molar-refractivity contribution in [2.24, 2.45) is 0 Å². The highest BCUT2D eigenvalue weighted by Crippen LogP contribution is 2.39. The van der Waals surface area contributed by atoms with Crippen molar-refractivity contribution in [2.75, 3.05) is 5.75 Å². The van der Waals surface area contributed by atoms with Crippen molar-refractivity contribution in [3.8, 4) is 0 Å². The predicted octanol–water partition coefficient (Wildman–Crippen LogP) is 2.51. The van der Waals surface area contributed by atoms with Gasteiger partial charge >= 0.3 is 0 Å². The molecule has 20 heavy (non-hydrogen) atoms. The van der Waals surface area contributed by atoms with Crippen molar-refractivity contribution in [2.45, 2.75) is 36.9 Å². The van der Waals surface area contributed by atoms with E-state index in [1.807, 2.05) is 13.0 Å². The van der Waals surface area contributed by atoms with Crippen molar-refractivity contribution < 1.29 is 13.6 Å². The van der Waals surface area contributed by atoms with E-state index in [1.165, 1.54) is 11.8 Å². The molecule has 1 fully saturated rings. The second-order valence-corrected chi connectivity index (χ2v) is 5.70. The van der Waals surface area contributed by atoms with Crippen molar-refractivity contribution in [3.63, 3.8) is 0 Å². The lowest BCUT2D eigenvalue weighted by molar-refractivity contribution is -0.119. The van der Waals surface area contributed by atoms with Crippen molar-refractivity contribution in [3.05, 3.63) is 30.0 Å². The summed E-state index contributed by atoms with van der Waals surface area (Å²) in [7, 11) is 0. The summed E-state index contributed by atoms with van der Waals surface area (Å²) in [4.78, 5) is 11.8. The number of rotatable bonds is 6. The molecule has 1 atom stereocenters. The van der Waals surface area contributed by atoms with Gasteiger partial charge in [0.05, 0.1) is 18.1 Å². The smallest absolute Gasteiger partial charge is 0.277 e. The molecule has 0 aromatic carbocycles. The van der Waals surface area contributed by atoms with Gasteiger partial charge < -0.3 is 14.2 Å². The monoisotopic (exact) mass is 293 g/mol. The maximum absolute atomic E-state index is 11.8. The molecule has 2 aromatic rings. The summed E-state index contributed by atoms with van der Waals surface area (Å²) in [6, 6.07) is 3.48. The van der Waals surface area contributed by atoms with Crippen LogP contribution in [0.3, 0.4) is 0 Å². The van der Waals surface area contributed by atoms with Crippen LogP contribution in [0.5, 0.6) is 0 Å². The molecule has 3 rings (SSSR count). The van der Waals surface area contributed by atoms with Gasteiger partial charge in [0, 0.05) is 5.92 Å². The molecule has 0 unspecified atom stereocenters. The Morgan fingerprint density at radius 1 is 1.55 bits per heavy atom. The SMILES string of the molecule is C[C@@H](NC(=O)CSc1nnc(C2CC2)o1)c1ccco1. The molecular formula is C13H15N3O3S. The number of carbonyl (C=O) groups excluding carboxylic acids is 1. The molecule has 2 heterocycles. The summed E-state index contributed by atoms with van der Waals surface area (Å²) in [5.74, 6) is 2.01. The zero-order valence-electron chi connectivity index (χ0n) is 11.0. The summed E-state index contributed by atoms with van der Waals surface area (Å²) < 4.78 is 10.7. The zero-order valence-corrected chi connectivity index (χ0v) is 11.9. The van der Waals surface area contributed by atoms with E-state index in [4.69, 9.17) is 8.83 Å². The Morgan fingerprint density at radius 3 is 3.10 bits per heavy atom. The Kier molecular flexibility index (Phi) is 3.77. The van der Waals surface area contributed by atoms with Gasteiger partial charge in [0.25, 0.3) is 5.22 Å². The van der Waals surface area contributed by atoms with Crippen LogP contribution in [0.4, 0.5) is 0 Å². The molecule has 0 aliphatic heterocycles. The fourth-order valence-electron chi connectivity index (χ4n) is 1.79. The molecule has 6 nitrogen and oxygen atoms in total. The van der Waals surface area contributed by atoms with Crippen LogP contribution in [0.1, 0.15) is 43.4 Å². The van der Waals surface area contributed by atoms with Crippen molar-refractivity contribution in [1.82, 2.24) is 15.5 Å². The molecule has 106 valence electrons. The zero-order chi connectivity index (χ0) is 13.9. The molecule has 0 bridgehead atoms. The van der Waals surface area contributed by atoms with Gasteiger partial charge in [-0.3, -0.25) is 4.79 Å². The second-order valence-electron chi connectivity index (χ2n) is 4.77. The summed E-state index contributed by atoms with van der Waals surface area (Å²) >= 11 is 1.25. The number of amides is 1. The molecule has 1 saturated carbocycles. The Morgan fingerprint density at radius 2 is 2.40 bits per heavy atom. The fourth-order valence-corrected chi connectivity index (χ4v) is 2.37. The van der Waals surface area contributed by atoms with Gasteiger partial charge in [0.15, 0.2) is 0 Å². The van der Waals surface area contributed by atoms with Crippen molar-refractivity contribution >= 4 is 17.7 Å². The minimum Gasteiger partial charge on any atom is -0.467 e. The van der Waals surface area contributed by atoms with Crippen LogP contribution in [0, 0.1) is 0 Å². The molecule has 1 aliphatic carbocycles. The third-order valence-electron chi connectivity index (χ3n) is 3.02. The number of hydrogen-bond donors (Lipinski definition) is 1. The van der Waals surface area contributed by atoms with E-state index in [1.54, 1.807) is 12.3 Å². The molecule has 1 aliphatic rings. The van der Waals surface area contributed by atoms with E-state index in [0.717, 1.165) is 18.6 Å². The summed E-state index contributed by atoms with van der Waals surface area (Å²) in [5, 5.41) is 11.2. The highest BCUT2D eigenvalue weighted by molar-refractivity contribution is 7.99. The topological polar surface area (TPSA) is 81.2 Å². The van der Waals surface area contributed by atoms with Gasteiger partial charge in [-0.1, -0.05) is 11.8 Å². The molecule has 0 radical (unpaired) electrons. The molecule has 2 aromatic heterocycles. The van der Waals surface area contributed by atoms with Crippen LogP contribution in [-0.2, 0) is 4.79 Å². The third kappa shape index (κ3) is 3.22. The van der Waals surface area contributed by atoms with Crippen LogP contribution < -0.4 is 5.32 Å². The van der Waals surface area contributed by atoms with Gasteiger partial charge in [-0.25, -0.2) is 0 Å². The first-order valence-electron chi connectivity index (χ1n) is 6.51. The first kappa shape index (κ1) is 13.2. The van der Waals surface area contributed by atoms with E-state index >= 15 is 0 Å². The van der Waals surface area contributed by atoms with Crippen molar-refractivity contribution in [1.29, 1.82) is 0 Å². The number of thioether (sulfide) groups is 1. The quantitative estimate of drug-likeness (QED) is 0.824. The number of nitrogens with zero attached hydrogens (tertiary/aromatic N) is 2. The number of hydrogen-bond acceptors (Lipinski definition) is 6. The Labute approximate surface area is 120 Å². The number of aromatic nitrogens is 2. The number of nitrogens with one attached hydrogen (secondary N) is 1. The van der Waals surface area contributed by atoms with E-state index in [9.17, 15) is 4.79 Å². The lowest BCUT2D eigenvalue weighted by Gasteiger charge is -2.10. The van der Waals surface area contributed by atoms with Gasteiger partial charge in [0.1, 0.15) is 5.76 Å². The first-order valence-corrected chi connectivity index (χ1v) is 7.50. The van der Waals surface area contributed by atoms with Crippen LogP contribution in [0.25, 0.3) is 0 Å². The molecule has 7 heteroatoms. The first-order chi connectivity index (χ1) is 9.72. The minimum absolute atomic E-state index is 0.0925. The summed E-state index contributed by atoms with van der Waals surface area (Å²) in [5.41, 5.74) is 0. The van der Waals surface area contributed by atoms with Crippen LogP contribution >= 0.6 is 11.8 Å². The third-order valence-corrected chi connectivity index (χ3v) is 3.84. The van der Waals surface area contributed by atoms with Crippen LogP contribution in [0.15, 0.2) is 32.5 Å². The Bertz CT molecular complexity index is 577. The maximum atomic E-state index is 11.8. The van der Waals surface area contributed by atoms with Crippen LogP contribution in [0.2, 0.25) is 0 Å². The van der Waals surface area contributed by atoms with Gasteiger partial charge in [0.2, 0.25) is 11.8 Å². The standard InChI is InChI=1S/C13H15N3O3S/c1-8(10-3-2-6-18-10)14-11(17)7-20-13-16-15-12(19-13)9-4-5-9/h2-3,6,8-9H,4-5,7H2,1H3,(H,14,17)/t8-/m1/s1. The summed E-state index contributed by atoms with van der Waals surface area (Å²) in [6.45, 7) is 1.87. The molecule has 1 N–H and O–H groups in total. The van der Waals surface area contributed by atoms with E-state index in [0.29, 0.717) is 17.0 Å². The average Bonchev–Trinajstić information content (AvgIpc) is 2.95. The predicted molar refractivity (Wildman–Crippen MR) is 72.3 cm³/mol. The lowest BCUT2D eigenvalue weighted by atomic mass is 10.2. The normalized spacial score (nSPS) is 16.1. The molecule has 1 amide bonds. The largest absolute Gasteiger partial charge is 0.467 e. The highest BCUT2D eigenvalue weighted by Gasteiger charge is 2.29. The van der Waals surface area contributed by atoms with Crippen LogP contribution in [-0.4, -0.2) is 21.9 Å². The second kappa shape index (κ2) is 5.70. The minimum atomic E-state index is -0.150. The van der Waals surface area contributed by atoms with E-state index in [-0.39, 0.29) is 17.7 Å². The van der Waals surface area contributed by atoms with Gasteiger partial charge in [-0.2, -0.15) is 0 Å². The average molecular weight is 293 g/mol. The van der Waals surface area contributed by atoms with Gasteiger partial charge in [-0.15, -0.1) is 10.2 Å². The van der Waals surface area contributed by atoms with E-state index in [2.05, 4.69) is 15.5 Å². The maximum Gasteiger partial charge on any atom is 0.277 e. The number of furan rings is 1. The van der Waals surface area contributed by atoms with Gasteiger partial charge in [-0.05, 0) is 31.9 Å². The molecular weight excluding hydrogens is 278 g/mol. The summed E-state index contributed by atoms with van der Waals surface area (Å²) in [6.07, 6.45) is 3.82. The molecule has 0 saturated heterocycles. The fraction of sp³-hybridized carbons (Fsp3) is 0.462. The Hall–Kier alpha value is -1.76.